The van der Waals surface area contributed by atoms with E-state index in [1.54, 1.807) is 0 Å². The van der Waals surface area contributed by atoms with Gasteiger partial charge in [0.15, 0.2) is 0 Å². The highest BCUT2D eigenvalue weighted by Crippen LogP contribution is 2.49. The molecule has 84 heavy (non-hydrogen) atoms. The number of furan rings is 2. The van der Waals surface area contributed by atoms with Crippen molar-refractivity contribution < 1.29 is 8.83 Å². The average Bonchev–Trinajstić information content (AvgIpc) is 2.25. The lowest BCUT2D eigenvalue weighted by atomic mass is 9.87. The molecular weight excluding hydrogens is 1020 g/mol. The van der Waals surface area contributed by atoms with Crippen LogP contribution in [0.3, 0.4) is 0 Å². The lowest BCUT2D eigenvalue weighted by molar-refractivity contribution is 0.589. The summed E-state index contributed by atoms with van der Waals surface area (Å²) in [5.41, 5.74) is 19.0. The van der Waals surface area contributed by atoms with Crippen LogP contribution in [0.25, 0.3) is 110 Å². The van der Waals surface area contributed by atoms with E-state index in [0.717, 1.165) is 111 Å². The van der Waals surface area contributed by atoms with Crippen LogP contribution in [0.4, 0.5) is 34.1 Å². The molecule has 404 valence electrons. The molecule has 4 aromatic heterocycles. The number of fused-ring (bicyclic) bond motifs is 15. The molecular formula is C78H60N4O2. The highest BCUT2D eigenvalue weighted by atomic mass is 16.3. The van der Waals surface area contributed by atoms with E-state index >= 15 is 0 Å². The quantitative estimate of drug-likeness (QED) is 0.152. The number of anilines is 6. The maximum absolute atomic E-state index is 6.95. The fraction of sp³-hybridized carbons (Fsp3) is 0.103. The van der Waals surface area contributed by atoms with Gasteiger partial charge in [0.25, 0.3) is 0 Å². The van der Waals surface area contributed by atoms with Gasteiger partial charge in [-0.25, -0.2) is 0 Å². The summed E-state index contributed by atoms with van der Waals surface area (Å²) in [4.78, 5) is 4.77. The van der Waals surface area contributed by atoms with Crippen molar-refractivity contribution in [1.82, 2.24) is 9.13 Å². The van der Waals surface area contributed by atoms with Crippen molar-refractivity contribution in [3.05, 3.63) is 266 Å². The van der Waals surface area contributed by atoms with Crippen molar-refractivity contribution in [2.24, 2.45) is 0 Å². The van der Waals surface area contributed by atoms with E-state index in [2.05, 4.69) is 315 Å². The number of hydrogen-bond donors (Lipinski definition) is 0. The molecule has 0 atom stereocenters. The molecule has 6 nitrogen and oxygen atoms in total. The predicted molar refractivity (Wildman–Crippen MR) is 354 cm³/mol. The maximum Gasteiger partial charge on any atom is 0.137 e. The number of aromatic nitrogens is 2. The topological polar surface area (TPSA) is 42.6 Å². The first-order chi connectivity index (χ1) is 40.9. The monoisotopic (exact) mass is 1080 g/mol. The van der Waals surface area contributed by atoms with Crippen molar-refractivity contribution in [3.8, 4) is 11.4 Å². The van der Waals surface area contributed by atoms with Gasteiger partial charge in [0.2, 0.25) is 0 Å². The molecule has 4 heterocycles. The third-order valence-corrected chi connectivity index (χ3v) is 17.3. The van der Waals surface area contributed by atoms with Crippen molar-refractivity contribution >= 4 is 132 Å². The lowest BCUT2D eigenvalue weighted by Crippen LogP contribution is -2.13. The third kappa shape index (κ3) is 7.70. The van der Waals surface area contributed by atoms with Crippen molar-refractivity contribution in [3.63, 3.8) is 0 Å². The molecule has 0 amide bonds. The SMILES string of the molecule is CC(C)(C)c1cccc(-n2c3ccccc3c3cccc(N(c4ccccc4)c4ccc5c(c4)oc4ccc6c(ccc7oc8cc(N(c9ccccc9)c9cccc%10c%11ccccc%11n(-c%11cccc(C(C)(C)C)c%11)c9%10)ccc8c76)c45)c32)c1. The zero-order valence-electron chi connectivity index (χ0n) is 47.9. The van der Waals surface area contributed by atoms with Crippen molar-refractivity contribution in [2.75, 3.05) is 9.80 Å². The van der Waals surface area contributed by atoms with Crippen LogP contribution >= 0.6 is 0 Å². The standard InChI is InChI=1S/C78H60N4O2/c1-77(2,3)49-21-17-27-53(45-49)81-65-33-15-13-29-57(65)61-31-19-35-67(75(61)81)79(51-23-9-7-10-24-51)55-37-39-63-71(47-55)83-69-43-41-60-59(73(63)69)42-44-70-74(60)64-40-38-56(48-72(64)84-70)80(52-25-11-8-12-26-52)68-36-20-32-62-58-30-14-16-34-66(58)82(76(62)68)54-28-18-22-50(46-54)78(4,5)6/h7-48H,1-6H3. The second kappa shape index (κ2) is 18.6. The second-order valence-corrected chi connectivity index (χ2v) is 24.5. The first-order valence-corrected chi connectivity index (χ1v) is 29.2. The summed E-state index contributed by atoms with van der Waals surface area (Å²) >= 11 is 0. The molecule has 6 heteroatoms. The van der Waals surface area contributed by atoms with Crippen LogP contribution in [-0.2, 0) is 10.8 Å². The molecule has 16 rings (SSSR count). The van der Waals surface area contributed by atoms with Crippen LogP contribution in [0.2, 0.25) is 0 Å². The van der Waals surface area contributed by atoms with Crippen LogP contribution in [0, 0.1) is 0 Å². The van der Waals surface area contributed by atoms with Gasteiger partial charge in [0, 0.05) is 89.3 Å². The summed E-state index contributed by atoms with van der Waals surface area (Å²) in [6, 6.07) is 92.6. The molecule has 0 N–H and O–H groups in total. The third-order valence-electron chi connectivity index (χ3n) is 17.3. The fourth-order valence-corrected chi connectivity index (χ4v) is 13.3. The van der Waals surface area contributed by atoms with E-state index in [-0.39, 0.29) is 10.8 Å². The molecule has 0 saturated heterocycles. The van der Waals surface area contributed by atoms with Crippen LogP contribution in [0.1, 0.15) is 52.7 Å². The largest absolute Gasteiger partial charge is 0.456 e. The fourth-order valence-electron chi connectivity index (χ4n) is 13.3. The molecule has 0 bridgehead atoms. The maximum atomic E-state index is 6.95. The van der Waals surface area contributed by atoms with E-state index in [9.17, 15) is 0 Å². The molecule has 16 aromatic rings. The number of rotatable bonds is 8. The molecule has 0 saturated carbocycles. The van der Waals surface area contributed by atoms with E-state index in [1.165, 1.54) is 43.7 Å². The van der Waals surface area contributed by atoms with Gasteiger partial charge in [-0.3, -0.25) is 0 Å². The van der Waals surface area contributed by atoms with E-state index in [4.69, 9.17) is 8.83 Å². The highest BCUT2D eigenvalue weighted by Gasteiger charge is 2.27. The summed E-state index contributed by atoms with van der Waals surface area (Å²) in [6.07, 6.45) is 0. The van der Waals surface area contributed by atoms with Gasteiger partial charge in [-0.05, 0) is 154 Å². The Morgan fingerprint density at radius 1 is 0.286 bits per heavy atom. The Hall–Kier alpha value is -10.3. The minimum Gasteiger partial charge on any atom is -0.456 e. The summed E-state index contributed by atoms with van der Waals surface area (Å²) < 4.78 is 18.8. The minimum absolute atomic E-state index is 0.0165. The Labute approximate surface area is 487 Å². The van der Waals surface area contributed by atoms with Crippen LogP contribution in [-0.4, -0.2) is 9.13 Å². The average molecular weight is 1090 g/mol. The summed E-state index contributed by atoms with van der Waals surface area (Å²) in [5, 5.41) is 11.3. The zero-order chi connectivity index (χ0) is 56.6. The molecule has 0 spiro atoms. The Morgan fingerprint density at radius 2 is 0.667 bits per heavy atom. The zero-order valence-corrected chi connectivity index (χ0v) is 47.9. The van der Waals surface area contributed by atoms with Gasteiger partial charge in [-0.15, -0.1) is 0 Å². The lowest BCUT2D eigenvalue weighted by Gasteiger charge is -2.27. The number of benzene rings is 12. The molecule has 12 aromatic carbocycles. The van der Waals surface area contributed by atoms with Gasteiger partial charge in [-0.2, -0.15) is 0 Å². The molecule has 0 aliphatic rings. The van der Waals surface area contributed by atoms with Crippen molar-refractivity contribution in [1.29, 1.82) is 0 Å². The van der Waals surface area contributed by atoms with Gasteiger partial charge >= 0.3 is 0 Å². The van der Waals surface area contributed by atoms with Gasteiger partial charge < -0.3 is 27.8 Å². The summed E-state index contributed by atoms with van der Waals surface area (Å²) in [7, 11) is 0. The van der Waals surface area contributed by atoms with E-state index in [0.29, 0.717) is 0 Å². The van der Waals surface area contributed by atoms with Crippen molar-refractivity contribution in [2.45, 2.75) is 52.4 Å². The first-order valence-electron chi connectivity index (χ1n) is 29.2. The van der Waals surface area contributed by atoms with Gasteiger partial charge in [0.05, 0.1) is 33.4 Å². The molecule has 0 fully saturated rings. The van der Waals surface area contributed by atoms with Gasteiger partial charge in [0.1, 0.15) is 22.3 Å². The summed E-state index contributed by atoms with van der Waals surface area (Å²) in [5.74, 6) is 0. The second-order valence-electron chi connectivity index (χ2n) is 24.5. The smallest absolute Gasteiger partial charge is 0.137 e. The minimum atomic E-state index is -0.0165. The number of para-hydroxylation sites is 6. The van der Waals surface area contributed by atoms with Crippen LogP contribution in [0.5, 0.6) is 0 Å². The van der Waals surface area contributed by atoms with Crippen LogP contribution in [0.15, 0.2) is 264 Å². The Kier molecular flexibility index (Phi) is 11.0. The van der Waals surface area contributed by atoms with Crippen LogP contribution < -0.4 is 9.80 Å². The predicted octanol–water partition coefficient (Wildman–Crippen LogP) is 22.4. The highest BCUT2D eigenvalue weighted by molar-refractivity contribution is 6.28. The molecule has 0 radical (unpaired) electrons. The number of nitrogens with zero attached hydrogens (tertiary/aromatic N) is 4. The van der Waals surface area contributed by atoms with E-state index in [1.807, 2.05) is 0 Å². The van der Waals surface area contributed by atoms with E-state index < -0.39 is 0 Å². The normalized spacial score (nSPS) is 12.4. The first kappa shape index (κ1) is 49.5. The summed E-state index contributed by atoms with van der Waals surface area (Å²) in [6.45, 7) is 13.7. The molecule has 0 aliphatic heterocycles. The Bertz CT molecular complexity index is 4960. The molecule has 0 unspecified atom stereocenters. The Morgan fingerprint density at radius 3 is 1.10 bits per heavy atom. The molecule has 0 aliphatic carbocycles. The number of hydrogen-bond acceptors (Lipinski definition) is 4. The Balaban J connectivity index is 0.846. The van der Waals surface area contributed by atoms with Gasteiger partial charge in [-0.1, -0.05) is 163 Å².